The monoisotopic (exact) mass is 631 g/mol. The van der Waals surface area contributed by atoms with Gasteiger partial charge in [-0.15, -0.1) is 0 Å². The number of hydrogen-bond donors (Lipinski definition) is 2. The quantitative estimate of drug-likeness (QED) is 0.0823. The fourth-order valence-electron chi connectivity index (χ4n) is 5.80. The third-order valence-electron chi connectivity index (χ3n) is 8.48. The lowest BCUT2D eigenvalue weighted by atomic mass is 9.83. The molecular formula is C36H49N5O5. The van der Waals surface area contributed by atoms with Gasteiger partial charge in [0.05, 0.1) is 12.6 Å². The number of ketones is 3. The van der Waals surface area contributed by atoms with E-state index in [9.17, 15) is 19.2 Å². The van der Waals surface area contributed by atoms with E-state index in [1.54, 1.807) is 6.92 Å². The number of rotatable bonds is 20. The van der Waals surface area contributed by atoms with Gasteiger partial charge in [0.15, 0.2) is 11.6 Å². The van der Waals surface area contributed by atoms with Crippen LogP contribution in [-0.4, -0.2) is 47.5 Å². The summed E-state index contributed by atoms with van der Waals surface area (Å²) in [6, 6.07) is 15.2. The van der Waals surface area contributed by atoms with Crippen LogP contribution in [0.4, 0.5) is 0 Å². The topological polar surface area (TPSA) is 168 Å². The maximum atomic E-state index is 13.9. The van der Waals surface area contributed by atoms with E-state index in [4.69, 9.17) is 16.0 Å². The molecule has 2 aromatic carbocycles. The van der Waals surface area contributed by atoms with Crippen LogP contribution in [0.3, 0.4) is 0 Å². The molecule has 0 aromatic heterocycles. The van der Waals surface area contributed by atoms with Crippen LogP contribution in [-0.2, 0) is 43.3 Å². The molecule has 1 amide bonds. The molecule has 5 atom stereocenters. The van der Waals surface area contributed by atoms with Gasteiger partial charge in [-0.05, 0) is 66.7 Å². The summed E-state index contributed by atoms with van der Waals surface area (Å²) in [5.41, 5.74) is 16.7. The van der Waals surface area contributed by atoms with Crippen molar-refractivity contribution in [1.29, 1.82) is 0 Å². The second-order valence-corrected chi connectivity index (χ2v) is 13.6. The Morgan fingerprint density at radius 1 is 0.870 bits per heavy atom. The Hall–Kier alpha value is -3.85. The summed E-state index contributed by atoms with van der Waals surface area (Å²) in [5, 5.41) is 6.71. The van der Waals surface area contributed by atoms with Gasteiger partial charge in [-0.1, -0.05) is 87.4 Å². The van der Waals surface area contributed by atoms with Crippen LogP contribution in [0.1, 0.15) is 77.0 Å². The highest BCUT2D eigenvalue weighted by Gasteiger charge is 2.50. The molecule has 0 aliphatic carbocycles. The lowest BCUT2D eigenvalue weighted by Gasteiger charge is -2.26. The summed E-state index contributed by atoms with van der Waals surface area (Å²) in [5.74, 6) is -2.21. The molecule has 3 N–H and O–H groups in total. The lowest BCUT2D eigenvalue weighted by Crippen LogP contribution is -2.46. The number of ether oxygens (including phenoxy) is 1. The number of nitrogens with two attached hydrogens (primary N) is 1. The highest BCUT2D eigenvalue weighted by Crippen LogP contribution is 2.33. The number of carbonyl (C=O) groups excluding carboxylic acids is 4. The number of amides is 1. The minimum atomic E-state index is -0.945. The largest absolute Gasteiger partial charge is 0.362 e. The molecule has 0 unspecified atom stereocenters. The van der Waals surface area contributed by atoms with Crippen LogP contribution in [0.2, 0.25) is 0 Å². The Morgan fingerprint density at radius 2 is 1.43 bits per heavy atom. The Balaban J connectivity index is 1.78. The van der Waals surface area contributed by atoms with Gasteiger partial charge < -0.3 is 15.8 Å². The van der Waals surface area contributed by atoms with Gasteiger partial charge in [0.25, 0.3) is 0 Å². The molecule has 1 aliphatic rings. The lowest BCUT2D eigenvalue weighted by molar-refractivity contribution is -0.135. The molecule has 0 saturated carbocycles. The van der Waals surface area contributed by atoms with Gasteiger partial charge in [-0.2, -0.15) is 0 Å². The van der Waals surface area contributed by atoms with Crippen LogP contribution in [0.5, 0.6) is 0 Å². The zero-order valence-corrected chi connectivity index (χ0v) is 27.8. The third-order valence-corrected chi connectivity index (χ3v) is 8.48. The summed E-state index contributed by atoms with van der Waals surface area (Å²) in [4.78, 5) is 57.4. The first-order valence-electron chi connectivity index (χ1n) is 16.2. The van der Waals surface area contributed by atoms with Gasteiger partial charge >= 0.3 is 0 Å². The number of Topliss-reactive ketones (excluding diaryl/α,β-unsaturated/α-hetero) is 3. The standard InChI is InChI=1S/C36H49N5O5/c1-23(2)15-29(20-33(43)31(40-41-38)18-25-9-7-6-8-10-25)35(45)39-30(16-24(3)4)32(42)19-28(34(44)36(5)22-46-36)17-26-11-13-27(21-37)14-12-26/h6-14,23-24,28-31H,15-22,37H2,1-5H3,(H,39,45)/t28-,29-,30+,31+,36-/m1/s1. The number of azide groups is 1. The number of hydrogen-bond acceptors (Lipinski definition) is 7. The van der Waals surface area contributed by atoms with Gasteiger partial charge in [-0.25, -0.2) is 0 Å². The Morgan fingerprint density at radius 3 is 1.98 bits per heavy atom. The minimum Gasteiger partial charge on any atom is -0.362 e. The second-order valence-electron chi connectivity index (χ2n) is 13.6. The van der Waals surface area contributed by atoms with Crippen molar-refractivity contribution in [3.63, 3.8) is 0 Å². The maximum absolute atomic E-state index is 13.9. The van der Waals surface area contributed by atoms with Crippen molar-refractivity contribution in [2.75, 3.05) is 6.61 Å². The molecule has 248 valence electrons. The van der Waals surface area contributed by atoms with Gasteiger partial charge in [0, 0.05) is 36.1 Å². The molecule has 1 aliphatic heterocycles. The SMILES string of the molecule is CC(C)C[C@H](CC(=O)[C@H](Cc1ccccc1)N=[N+]=[N-])C(=O)N[C@@H](CC(C)C)C(=O)C[C@@H](Cc1ccc(CN)cc1)C(=O)[C@@]1(C)CO1. The maximum Gasteiger partial charge on any atom is 0.224 e. The van der Waals surface area contributed by atoms with Crippen molar-refractivity contribution in [2.24, 2.45) is 34.5 Å². The summed E-state index contributed by atoms with van der Waals surface area (Å²) >= 11 is 0. The number of nitrogens with one attached hydrogen (secondary N) is 1. The first-order valence-corrected chi connectivity index (χ1v) is 16.2. The van der Waals surface area contributed by atoms with E-state index in [0.29, 0.717) is 32.4 Å². The molecule has 2 aromatic rings. The van der Waals surface area contributed by atoms with Crippen molar-refractivity contribution < 1.29 is 23.9 Å². The van der Waals surface area contributed by atoms with E-state index in [2.05, 4.69) is 15.3 Å². The highest BCUT2D eigenvalue weighted by atomic mass is 16.6. The van der Waals surface area contributed by atoms with Crippen molar-refractivity contribution in [2.45, 2.75) is 97.4 Å². The first-order chi connectivity index (χ1) is 21.8. The van der Waals surface area contributed by atoms with E-state index in [0.717, 1.165) is 16.7 Å². The van der Waals surface area contributed by atoms with E-state index >= 15 is 0 Å². The molecule has 10 nitrogen and oxygen atoms in total. The van der Waals surface area contributed by atoms with Gasteiger partial charge in [0.2, 0.25) is 5.91 Å². The van der Waals surface area contributed by atoms with E-state index in [1.165, 1.54) is 0 Å². The van der Waals surface area contributed by atoms with Crippen molar-refractivity contribution in [3.05, 3.63) is 81.7 Å². The zero-order valence-electron chi connectivity index (χ0n) is 27.8. The molecule has 0 spiro atoms. The number of nitrogens with zero attached hydrogens (tertiary/aromatic N) is 3. The van der Waals surface area contributed by atoms with Crippen LogP contribution < -0.4 is 11.1 Å². The molecule has 0 bridgehead atoms. The van der Waals surface area contributed by atoms with Gasteiger partial charge in [0.1, 0.15) is 17.4 Å². The van der Waals surface area contributed by atoms with Crippen molar-refractivity contribution >= 4 is 23.3 Å². The highest BCUT2D eigenvalue weighted by molar-refractivity contribution is 5.97. The molecule has 1 heterocycles. The normalized spacial score (nSPS) is 18.3. The molecule has 3 rings (SSSR count). The first kappa shape index (κ1) is 36.6. The zero-order chi connectivity index (χ0) is 33.9. The number of epoxide rings is 1. The summed E-state index contributed by atoms with van der Waals surface area (Å²) < 4.78 is 5.45. The summed E-state index contributed by atoms with van der Waals surface area (Å²) in [7, 11) is 0. The average molecular weight is 632 g/mol. The Bertz CT molecular complexity index is 1380. The van der Waals surface area contributed by atoms with Gasteiger partial charge in [-0.3, -0.25) is 19.2 Å². The van der Waals surface area contributed by atoms with Crippen molar-refractivity contribution in [1.82, 2.24) is 5.32 Å². The van der Waals surface area contributed by atoms with E-state index in [-0.39, 0.29) is 48.4 Å². The predicted octanol–water partition coefficient (Wildman–Crippen LogP) is 5.70. The van der Waals surface area contributed by atoms with Crippen LogP contribution >= 0.6 is 0 Å². The fraction of sp³-hybridized carbons (Fsp3) is 0.556. The van der Waals surface area contributed by atoms with E-state index in [1.807, 2.05) is 82.3 Å². The molecule has 46 heavy (non-hydrogen) atoms. The molecule has 1 fully saturated rings. The fourth-order valence-corrected chi connectivity index (χ4v) is 5.80. The molecular weight excluding hydrogens is 582 g/mol. The molecule has 1 saturated heterocycles. The molecule has 0 radical (unpaired) electrons. The third kappa shape index (κ3) is 11.2. The summed E-state index contributed by atoms with van der Waals surface area (Å²) in [6.07, 6.45) is 1.26. The van der Waals surface area contributed by atoms with Crippen LogP contribution in [0.15, 0.2) is 59.7 Å². The summed E-state index contributed by atoms with van der Waals surface area (Å²) in [6.45, 7) is 10.3. The van der Waals surface area contributed by atoms with Crippen molar-refractivity contribution in [3.8, 4) is 0 Å². The van der Waals surface area contributed by atoms with Crippen LogP contribution in [0.25, 0.3) is 10.4 Å². The number of benzene rings is 2. The minimum absolute atomic E-state index is 0.0437. The average Bonchev–Trinajstić information content (AvgIpc) is 3.78. The predicted molar refractivity (Wildman–Crippen MR) is 178 cm³/mol. The van der Waals surface area contributed by atoms with Crippen LogP contribution in [0, 0.1) is 23.7 Å². The Kier molecular flexibility index (Phi) is 13.7. The van der Waals surface area contributed by atoms with E-state index < -0.39 is 35.4 Å². The smallest absolute Gasteiger partial charge is 0.224 e. The Labute approximate surface area is 272 Å². The second kappa shape index (κ2) is 17.2. The number of carbonyl (C=O) groups is 4. The molecule has 10 heteroatoms.